The highest BCUT2D eigenvalue weighted by Crippen LogP contribution is 2.39. The molecular weight excluding hydrogens is 472 g/mol. The standard InChI is InChI=1S/C26H29F2N3O5/c1-17-4-3-5-18(14-17)24(33)31-22(23(32)29-10-13-35-2)16-36-26(31)8-11-30(12-9-26)25(34)20-7-6-19(27)15-21(20)28/h3-7,14-15,22H,8-13,16H2,1-2H3,(H,29,32). The Balaban J connectivity index is 1.56. The third-order valence-electron chi connectivity index (χ3n) is 6.65. The van der Waals surface area contributed by atoms with Crippen LogP contribution in [0.5, 0.6) is 0 Å². The maximum Gasteiger partial charge on any atom is 0.256 e. The summed E-state index contributed by atoms with van der Waals surface area (Å²) in [5.74, 6) is -2.95. The fourth-order valence-corrected chi connectivity index (χ4v) is 4.77. The topological polar surface area (TPSA) is 88.2 Å². The lowest BCUT2D eigenvalue weighted by molar-refractivity contribution is -0.128. The van der Waals surface area contributed by atoms with Crippen molar-refractivity contribution in [3.05, 3.63) is 70.8 Å². The Kier molecular flexibility index (Phi) is 7.65. The average molecular weight is 502 g/mol. The first-order valence-electron chi connectivity index (χ1n) is 11.8. The summed E-state index contributed by atoms with van der Waals surface area (Å²) in [6, 6.07) is 9.08. The number of carbonyl (C=O) groups excluding carboxylic acids is 3. The van der Waals surface area contributed by atoms with Gasteiger partial charge in [0.05, 0.1) is 18.8 Å². The fraction of sp³-hybridized carbons (Fsp3) is 0.423. The molecule has 3 amide bonds. The second-order valence-corrected chi connectivity index (χ2v) is 9.02. The summed E-state index contributed by atoms with van der Waals surface area (Å²) < 4.78 is 38.6. The number of ether oxygens (including phenoxy) is 2. The van der Waals surface area contributed by atoms with E-state index in [1.807, 2.05) is 13.0 Å². The van der Waals surface area contributed by atoms with Gasteiger partial charge in [-0.15, -0.1) is 0 Å². The maximum absolute atomic E-state index is 14.2. The van der Waals surface area contributed by atoms with Gasteiger partial charge < -0.3 is 19.7 Å². The van der Waals surface area contributed by atoms with Crippen molar-refractivity contribution in [2.45, 2.75) is 31.5 Å². The predicted molar refractivity (Wildman–Crippen MR) is 126 cm³/mol. The maximum atomic E-state index is 14.2. The van der Waals surface area contributed by atoms with Gasteiger partial charge in [-0.3, -0.25) is 19.3 Å². The van der Waals surface area contributed by atoms with Crippen molar-refractivity contribution in [2.24, 2.45) is 0 Å². The van der Waals surface area contributed by atoms with Crippen LogP contribution in [0.4, 0.5) is 8.78 Å². The molecule has 10 heteroatoms. The van der Waals surface area contributed by atoms with Crippen LogP contribution in [0.25, 0.3) is 0 Å². The summed E-state index contributed by atoms with van der Waals surface area (Å²) >= 11 is 0. The van der Waals surface area contributed by atoms with Gasteiger partial charge in [0.2, 0.25) is 5.91 Å². The number of aryl methyl sites for hydroxylation is 1. The molecule has 1 unspecified atom stereocenters. The van der Waals surface area contributed by atoms with E-state index < -0.39 is 29.3 Å². The number of halogens is 2. The highest BCUT2D eigenvalue weighted by atomic mass is 19.1. The number of rotatable bonds is 6. The summed E-state index contributed by atoms with van der Waals surface area (Å²) in [5.41, 5.74) is 0.0180. The van der Waals surface area contributed by atoms with Gasteiger partial charge in [-0.1, -0.05) is 17.7 Å². The molecule has 0 saturated carbocycles. The molecule has 1 spiro atoms. The molecule has 2 aliphatic heterocycles. The van der Waals surface area contributed by atoms with Crippen molar-refractivity contribution in [1.82, 2.24) is 15.1 Å². The Morgan fingerprint density at radius 3 is 2.53 bits per heavy atom. The molecule has 1 N–H and O–H groups in total. The number of amides is 3. The normalized spacial score (nSPS) is 18.9. The molecule has 36 heavy (non-hydrogen) atoms. The fourth-order valence-electron chi connectivity index (χ4n) is 4.77. The molecule has 192 valence electrons. The summed E-state index contributed by atoms with van der Waals surface area (Å²) in [5, 5.41) is 2.78. The summed E-state index contributed by atoms with van der Waals surface area (Å²) in [6.07, 6.45) is 0.474. The van der Waals surface area contributed by atoms with Gasteiger partial charge in [-0.25, -0.2) is 8.78 Å². The van der Waals surface area contributed by atoms with Crippen LogP contribution >= 0.6 is 0 Å². The summed E-state index contributed by atoms with van der Waals surface area (Å²) in [7, 11) is 1.53. The predicted octanol–water partition coefficient (Wildman–Crippen LogP) is 2.51. The second kappa shape index (κ2) is 10.7. The number of hydrogen-bond acceptors (Lipinski definition) is 5. The van der Waals surface area contributed by atoms with E-state index in [4.69, 9.17) is 9.47 Å². The number of methoxy groups -OCH3 is 1. The lowest BCUT2D eigenvalue weighted by atomic mass is 9.95. The first kappa shape index (κ1) is 25.7. The van der Waals surface area contributed by atoms with Crippen LogP contribution in [0, 0.1) is 18.6 Å². The van der Waals surface area contributed by atoms with Crippen molar-refractivity contribution in [3.63, 3.8) is 0 Å². The van der Waals surface area contributed by atoms with Gasteiger partial charge in [0.1, 0.15) is 23.4 Å². The van der Waals surface area contributed by atoms with E-state index in [9.17, 15) is 23.2 Å². The van der Waals surface area contributed by atoms with E-state index in [-0.39, 0.29) is 56.5 Å². The molecule has 2 heterocycles. The summed E-state index contributed by atoms with van der Waals surface area (Å²) in [6.45, 7) is 2.85. The van der Waals surface area contributed by atoms with Crippen LogP contribution in [0.2, 0.25) is 0 Å². The van der Waals surface area contributed by atoms with Crippen LogP contribution in [0.1, 0.15) is 39.1 Å². The minimum Gasteiger partial charge on any atom is -0.383 e. The molecule has 2 fully saturated rings. The Labute approximate surface area is 208 Å². The van der Waals surface area contributed by atoms with Gasteiger partial charge in [0.25, 0.3) is 11.8 Å². The van der Waals surface area contributed by atoms with Gasteiger partial charge in [-0.2, -0.15) is 0 Å². The van der Waals surface area contributed by atoms with Crippen molar-refractivity contribution in [2.75, 3.05) is 40.0 Å². The van der Waals surface area contributed by atoms with Crippen molar-refractivity contribution in [3.8, 4) is 0 Å². The molecule has 1 atom stereocenters. The van der Waals surface area contributed by atoms with Crippen LogP contribution < -0.4 is 5.32 Å². The molecule has 2 saturated heterocycles. The number of piperidine rings is 1. The molecule has 4 rings (SSSR count). The minimum atomic E-state index is -1.10. The molecule has 0 bridgehead atoms. The smallest absolute Gasteiger partial charge is 0.256 e. The molecule has 2 aliphatic rings. The van der Waals surface area contributed by atoms with E-state index in [0.29, 0.717) is 18.2 Å². The van der Waals surface area contributed by atoms with Gasteiger partial charge >= 0.3 is 0 Å². The zero-order valence-corrected chi connectivity index (χ0v) is 20.3. The molecule has 2 aromatic rings. The lowest BCUT2D eigenvalue weighted by Crippen LogP contribution is -2.60. The molecule has 2 aromatic carbocycles. The number of benzene rings is 2. The van der Waals surface area contributed by atoms with Crippen LogP contribution in [0.3, 0.4) is 0 Å². The van der Waals surface area contributed by atoms with Crippen LogP contribution in [0.15, 0.2) is 42.5 Å². The minimum absolute atomic E-state index is 0.0108. The molecule has 0 aliphatic carbocycles. The van der Waals surface area contributed by atoms with Crippen molar-refractivity contribution < 1.29 is 32.6 Å². The third kappa shape index (κ3) is 5.10. The first-order valence-corrected chi connectivity index (χ1v) is 11.8. The number of nitrogens with one attached hydrogen (secondary N) is 1. The van der Waals surface area contributed by atoms with Gasteiger partial charge in [0, 0.05) is 51.2 Å². The van der Waals surface area contributed by atoms with E-state index in [1.54, 1.807) is 18.2 Å². The van der Waals surface area contributed by atoms with Gasteiger partial charge in [0.15, 0.2) is 0 Å². The number of hydrogen-bond donors (Lipinski definition) is 1. The number of likely N-dealkylation sites (tertiary alicyclic amines) is 1. The monoisotopic (exact) mass is 501 g/mol. The summed E-state index contributed by atoms with van der Waals surface area (Å²) in [4.78, 5) is 42.5. The SMILES string of the molecule is COCCNC(=O)C1COC2(CCN(C(=O)c3ccc(F)cc3F)CC2)N1C(=O)c1cccc(C)c1. The molecule has 0 aromatic heterocycles. The largest absolute Gasteiger partial charge is 0.383 e. The molecule has 8 nitrogen and oxygen atoms in total. The van der Waals surface area contributed by atoms with Crippen LogP contribution in [-0.4, -0.2) is 79.2 Å². The quantitative estimate of drug-likeness (QED) is 0.615. The average Bonchev–Trinajstić information content (AvgIpc) is 3.22. The van der Waals surface area contributed by atoms with Crippen LogP contribution in [-0.2, 0) is 14.3 Å². The Hall–Kier alpha value is -3.37. The zero-order valence-electron chi connectivity index (χ0n) is 20.3. The molecular formula is C26H29F2N3O5. The van der Waals surface area contributed by atoms with E-state index in [0.717, 1.165) is 17.7 Å². The Morgan fingerprint density at radius 2 is 1.86 bits per heavy atom. The van der Waals surface area contributed by atoms with E-state index in [2.05, 4.69) is 5.32 Å². The highest BCUT2D eigenvalue weighted by Gasteiger charge is 2.54. The number of nitrogens with zero attached hydrogens (tertiary/aromatic N) is 2. The lowest BCUT2D eigenvalue weighted by Gasteiger charge is -2.44. The Morgan fingerprint density at radius 1 is 1.11 bits per heavy atom. The van der Waals surface area contributed by atoms with Crippen molar-refractivity contribution >= 4 is 17.7 Å². The second-order valence-electron chi connectivity index (χ2n) is 9.02. The van der Waals surface area contributed by atoms with Crippen molar-refractivity contribution in [1.29, 1.82) is 0 Å². The third-order valence-corrected chi connectivity index (χ3v) is 6.65. The van der Waals surface area contributed by atoms with Gasteiger partial charge in [-0.05, 0) is 31.2 Å². The molecule has 0 radical (unpaired) electrons. The van der Waals surface area contributed by atoms with E-state index >= 15 is 0 Å². The first-order chi connectivity index (χ1) is 17.3. The van der Waals surface area contributed by atoms with E-state index in [1.165, 1.54) is 16.9 Å². The Bertz CT molecular complexity index is 1150. The highest BCUT2D eigenvalue weighted by molar-refractivity contribution is 5.99. The zero-order chi connectivity index (χ0) is 25.9. The number of carbonyl (C=O) groups is 3.